The fraction of sp³-hybridized carbons (Fsp3) is 0. The Morgan fingerprint density at radius 1 is 0.426 bits per heavy atom. The Bertz CT molecular complexity index is 2610. The van der Waals surface area contributed by atoms with Gasteiger partial charge in [-0.05, 0) is 41.4 Å². The van der Waals surface area contributed by atoms with Crippen molar-refractivity contribution in [3.63, 3.8) is 0 Å². The maximum Gasteiger partial charge on any atom is 0.366 e. The summed E-state index contributed by atoms with van der Waals surface area (Å²) in [5.41, 5.74) is -0.0462. The normalized spacial score (nSPS) is 11.1. The number of hydrogen-bond donors (Lipinski definition) is 0. The van der Waals surface area contributed by atoms with Crippen molar-refractivity contribution < 1.29 is 30.9 Å². The van der Waals surface area contributed by atoms with Crippen molar-refractivity contribution in [3.8, 4) is 74.1 Å². The Morgan fingerprint density at radius 3 is 1.35 bits per heavy atom. The van der Waals surface area contributed by atoms with Gasteiger partial charge in [0.15, 0.2) is 46.6 Å². The highest BCUT2D eigenvalue weighted by molar-refractivity contribution is 5.68. The van der Waals surface area contributed by atoms with Gasteiger partial charge in [0.25, 0.3) is 5.95 Å². The first-order valence-electron chi connectivity index (χ1n) is 15.5. The van der Waals surface area contributed by atoms with Gasteiger partial charge in [-0.3, -0.25) is 9.97 Å². The van der Waals surface area contributed by atoms with Gasteiger partial charge in [0.05, 0.1) is 35.3 Å². The zero-order valence-corrected chi connectivity index (χ0v) is 26.9. The number of hydrogen-bond acceptors (Lipinski definition) is 11. The molecular formula is C36H17F6N12+. The highest BCUT2D eigenvalue weighted by Crippen LogP contribution is 2.29. The third-order valence-electron chi connectivity index (χ3n) is 7.77. The molecule has 0 aromatic carbocycles. The van der Waals surface area contributed by atoms with Crippen LogP contribution >= 0.6 is 0 Å². The van der Waals surface area contributed by atoms with Crippen molar-refractivity contribution in [2.45, 2.75) is 0 Å². The average Bonchev–Trinajstić information content (AvgIpc) is 3.18. The van der Waals surface area contributed by atoms with Crippen LogP contribution in [0.5, 0.6) is 0 Å². The van der Waals surface area contributed by atoms with E-state index in [0.29, 0.717) is 0 Å². The predicted molar refractivity (Wildman–Crippen MR) is 176 cm³/mol. The molecule has 0 aliphatic heterocycles. The Kier molecular flexibility index (Phi) is 8.66. The van der Waals surface area contributed by atoms with Gasteiger partial charge < -0.3 is 0 Å². The van der Waals surface area contributed by atoms with E-state index in [1.165, 1.54) is 67.4 Å². The van der Waals surface area contributed by atoms with Gasteiger partial charge in [-0.25, -0.2) is 48.7 Å². The minimum Gasteiger partial charge on any atom is -0.262 e. The molecule has 0 unspecified atom stereocenters. The molecule has 0 saturated carbocycles. The predicted octanol–water partition coefficient (Wildman–Crippen LogP) is 6.14. The number of aromatic nitrogens is 12. The first kappa shape index (κ1) is 33.6. The van der Waals surface area contributed by atoms with Crippen molar-refractivity contribution in [2.24, 2.45) is 0 Å². The first-order chi connectivity index (χ1) is 26.2. The fourth-order valence-electron chi connectivity index (χ4n) is 5.25. The third-order valence-corrected chi connectivity index (χ3v) is 7.77. The summed E-state index contributed by atoms with van der Waals surface area (Å²) < 4.78 is 90.9. The van der Waals surface area contributed by atoms with Crippen molar-refractivity contribution in [1.82, 2.24) is 54.8 Å². The molecule has 262 valence electrons. The van der Waals surface area contributed by atoms with E-state index in [9.17, 15) is 17.6 Å². The average molecular weight is 732 g/mol. The largest absolute Gasteiger partial charge is 0.366 e. The summed E-state index contributed by atoms with van der Waals surface area (Å²) in [6.45, 7) is 0. The quantitative estimate of drug-likeness (QED) is 0.106. The Labute approximate surface area is 299 Å². The highest BCUT2D eigenvalue weighted by Gasteiger charge is 2.27. The van der Waals surface area contributed by atoms with Crippen LogP contribution in [0.25, 0.3) is 74.1 Å². The lowest BCUT2D eigenvalue weighted by atomic mass is 10.1. The van der Waals surface area contributed by atoms with Crippen LogP contribution < -0.4 is 4.57 Å². The molecule has 0 fully saturated rings. The van der Waals surface area contributed by atoms with Gasteiger partial charge in [-0.1, -0.05) is 0 Å². The van der Waals surface area contributed by atoms with Crippen molar-refractivity contribution in [3.05, 3.63) is 139 Å². The van der Waals surface area contributed by atoms with Gasteiger partial charge in [0.2, 0.25) is 17.7 Å². The van der Waals surface area contributed by atoms with E-state index in [-0.39, 0.29) is 68.3 Å². The fourth-order valence-corrected chi connectivity index (χ4v) is 5.25. The molecule has 18 heteroatoms. The molecule has 0 N–H and O–H groups in total. The van der Waals surface area contributed by atoms with E-state index in [1.807, 2.05) is 0 Å². The number of halogens is 6. The molecule has 8 rings (SSSR count). The van der Waals surface area contributed by atoms with Gasteiger partial charge in [0, 0.05) is 59.7 Å². The molecule has 0 atom stereocenters. The summed E-state index contributed by atoms with van der Waals surface area (Å²) in [7, 11) is 0. The lowest BCUT2D eigenvalue weighted by Gasteiger charge is -2.10. The van der Waals surface area contributed by atoms with E-state index >= 15 is 8.78 Å². The molecule has 0 aliphatic rings. The molecule has 0 aliphatic carbocycles. The molecular weight excluding hydrogens is 714 g/mol. The molecule has 0 bridgehead atoms. The van der Waals surface area contributed by atoms with Gasteiger partial charge in [0.1, 0.15) is 6.20 Å². The zero-order valence-electron chi connectivity index (χ0n) is 26.9. The van der Waals surface area contributed by atoms with E-state index < -0.39 is 41.1 Å². The topological polar surface area (TPSA) is 146 Å². The van der Waals surface area contributed by atoms with E-state index in [2.05, 4.69) is 54.8 Å². The second-order valence-corrected chi connectivity index (χ2v) is 11.2. The molecule has 12 nitrogen and oxygen atoms in total. The van der Waals surface area contributed by atoms with Gasteiger partial charge in [-0.2, -0.15) is 22.1 Å². The Balaban J connectivity index is 1.23. The number of nitrogens with zero attached hydrogens (tertiary/aromatic N) is 12. The minimum atomic E-state index is -1.09. The van der Waals surface area contributed by atoms with Gasteiger partial charge in [-0.15, -0.1) is 0 Å². The summed E-state index contributed by atoms with van der Waals surface area (Å²) in [4.78, 5) is 44.4. The minimum absolute atomic E-state index is 0.0274. The Morgan fingerprint density at radius 2 is 0.870 bits per heavy atom. The van der Waals surface area contributed by atoms with Crippen molar-refractivity contribution in [1.29, 1.82) is 0 Å². The first-order valence-corrected chi connectivity index (χ1v) is 15.5. The van der Waals surface area contributed by atoms with Crippen LogP contribution in [-0.4, -0.2) is 54.8 Å². The van der Waals surface area contributed by atoms with Crippen LogP contribution in [0.3, 0.4) is 0 Å². The van der Waals surface area contributed by atoms with Crippen LogP contribution in [0.4, 0.5) is 26.3 Å². The number of pyridine rings is 6. The van der Waals surface area contributed by atoms with E-state index in [1.54, 1.807) is 0 Å². The van der Waals surface area contributed by atoms with Crippen LogP contribution in [0.2, 0.25) is 0 Å². The van der Waals surface area contributed by atoms with Gasteiger partial charge >= 0.3 is 5.82 Å². The molecule has 0 amide bonds. The lowest BCUT2D eigenvalue weighted by molar-refractivity contribution is -0.633. The van der Waals surface area contributed by atoms with Crippen LogP contribution in [0, 0.1) is 35.3 Å². The summed E-state index contributed by atoms with van der Waals surface area (Å²) in [5, 5.41) is 0. The molecule has 0 saturated heterocycles. The van der Waals surface area contributed by atoms with Crippen LogP contribution in [0.15, 0.2) is 104 Å². The second kappa shape index (κ2) is 13.9. The Hall–Kier alpha value is -7.50. The lowest BCUT2D eigenvalue weighted by Crippen LogP contribution is -2.37. The van der Waals surface area contributed by atoms with E-state index in [4.69, 9.17) is 0 Å². The second-order valence-electron chi connectivity index (χ2n) is 11.2. The molecule has 8 heterocycles. The number of rotatable bonds is 7. The molecule has 0 spiro atoms. The summed E-state index contributed by atoms with van der Waals surface area (Å²) in [5.74, 6) is -6.87. The monoisotopic (exact) mass is 731 g/mol. The molecule has 8 aromatic rings. The van der Waals surface area contributed by atoms with Crippen LogP contribution in [-0.2, 0) is 0 Å². The summed E-state index contributed by atoms with van der Waals surface area (Å²) in [6, 6.07) is 11.2. The molecule has 0 radical (unpaired) electrons. The van der Waals surface area contributed by atoms with Crippen molar-refractivity contribution in [2.75, 3.05) is 0 Å². The smallest absolute Gasteiger partial charge is 0.262 e. The summed E-state index contributed by atoms with van der Waals surface area (Å²) >= 11 is 0. The SMILES string of the molecule is Fc1cc(-c2nc(-c3ccnc(F)c3)nc(-c3cc[n+](-c4nccc(-c5nc(-c6ccncc6F)nc(-c6ccncc6F)n5)c4F)c(F)c3)n2)ccn1. The maximum absolute atomic E-state index is 16.4. The molecule has 8 aromatic heterocycles. The standard InChI is InChI=1S/C36H17F6N12/c37-24-16-43-7-3-21(24)33-51-34(22-4-8-44-17-25(22)38)53-35(52-33)23-5-11-47-36(29(23)42)54-12-6-20(15-28(54)41)32-49-30(18-1-9-45-26(39)13-18)48-31(50-32)19-2-10-46-27(40)14-19/h1-17H/q+1. The van der Waals surface area contributed by atoms with E-state index in [0.717, 1.165) is 41.4 Å². The highest BCUT2D eigenvalue weighted by atomic mass is 19.1. The zero-order chi connectivity index (χ0) is 37.3. The summed E-state index contributed by atoms with van der Waals surface area (Å²) in [6.07, 6.45) is 9.17. The maximum atomic E-state index is 16.4. The van der Waals surface area contributed by atoms with Crippen molar-refractivity contribution >= 4 is 0 Å². The molecule has 54 heavy (non-hydrogen) atoms. The van der Waals surface area contributed by atoms with Crippen LogP contribution in [0.1, 0.15) is 0 Å². The third kappa shape index (κ3) is 6.54.